The van der Waals surface area contributed by atoms with E-state index in [9.17, 15) is 18.8 Å². The number of ether oxygens (including phenoxy) is 2. The fourth-order valence-corrected chi connectivity index (χ4v) is 3.83. The van der Waals surface area contributed by atoms with E-state index in [-0.39, 0.29) is 24.8 Å². The number of carbonyl (C=O) groups excluding carboxylic acids is 3. The van der Waals surface area contributed by atoms with Crippen molar-refractivity contribution in [2.75, 3.05) is 46.2 Å². The van der Waals surface area contributed by atoms with Gasteiger partial charge < -0.3 is 24.6 Å². The quantitative estimate of drug-likeness (QED) is 0.625. The molecule has 1 N–H and O–H groups in total. The van der Waals surface area contributed by atoms with Crippen LogP contribution >= 0.6 is 0 Å². The Morgan fingerprint density at radius 1 is 1.15 bits per heavy atom. The maximum atomic E-state index is 13.3. The molecular formula is C24H28FN3O5. The first-order chi connectivity index (χ1) is 15.8. The second-order valence-corrected chi connectivity index (χ2v) is 7.93. The van der Waals surface area contributed by atoms with Gasteiger partial charge in [-0.1, -0.05) is 12.1 Å². The average Bonchev–Trinajstić information content (AvgIpc) is 3.17. The smallest absolute Gasteiger partial charge is 0.243 e. The van der Waals surface area contributed by atoms with Gasteiger partial charge in [-0.15, -0.1) is 0 Å². The zero-order valence-electron chi connectivity index (χ0n) is 19.0. The van der Waals surface area contributed by atoms with Gasteiger partial charge in [-0.05, 0) is 42.3 Å². The van der Waals surface area contributed by atoms with E-state index in [0.29, 0.717) is 36.7 Å². The molecule has 0 saturated carbocycles. The lowest BCUT2D eigenvalue weighted by Crippen LogP contribution is -2.39. The van der Waals surface area contributed by atoms with Crippen LogP contribution in [0.3, 0.4) is 0 Å². The minimum atomic E-state index is -0.505. The summed E-state index contributed by atoms with van der Waals surface area (Å²) in [7, 11) is 4.65. The molecule has 3 amide bonds. The number of likely N-dealkylation sites (N-methyl/N-ethyl adjacent to an activating group) is 1. The van der Waals surface area contributed by atoms with Crippen LogP contribution in [0, 0.1) is 11.7 Å². The normalized spacial score (nSPS) is 15.3. The number of anilines is 1. The van der Waals surface area contributed by atoms with Gasteiger partial charge >= 0.3 is 0 Å². The zero-order chi connectivity index (χ0) is 24.0. The van der Waals surface area contributed by atoms with Crippen molar-refractivity contribution in [3.63, 3.8) is 0 Å². The molecule has 0 bridgehead atoms. The van der Waals surface area contributed by atoms with E-state index in [1.807, 2.05) is 18.2 Å². The Morgan fingerprint density at radius 2 is 1.91 bits per heavy atom. The van der Waals surface area contributed by atoms with E-state index >= 15 is 0 Å². The number of methoxy groups -OCH3 is 2. The number of rotatable bonds is 9. The number of likely N-dealkylation sites (tertiary alicyclic amines) is 1. The molecule has 3 rings (SSSR count). The molecule has 1 aliphatic heterocycles. The fourth-order valence-electron chi connectivity index (χ4n) is 3.83. The molecular weight excluding hydrogens is 429 g/mol. The van der Waals surface area contributed by atoms with Crippen molar-refractivity contribution in [3.05, 3.63) is 53.8 Å². The number of nitrogens with one attached hydrogen (secondary N) is 1. The van der Waals surface area contributed by atoms with Crippen molar-refractivity contribution in [2.24, 2.45) is 5.92 Å². The van der Waals surface area contributed by atoms with E-state index in [1.54, 1.807) is 25.2 Å². The summed E-state index contributed by atoms with van der Waals surface area (Å²) >= 11 is 0. The molecule has 1 saturated heterocycles. The van der Waals surface area contributed by atoms with Crippen molar-refractivity contribution in [3.8, 4) is 11.5 Å². The van der Waals surface area contributed by atoms with Crippen LogP contribution in [0.25, 0.3) is 0 Å². The Labute approximate surface area is 192 Å². The van der Waals surface area contributed by atoms with Crippen LogP contribution in [0.1, 0.15) is 12.0 Å². The zero-order valence-corrected chi connectivity index (χ0v) is 19.0. The van der Waals surface area contributed by atoms with Gasteiger partial charge in [0.1, 0.15) is 5.82 Å². The third-order valence-corrected chi connectivity index (χ3v) is 5.55. The van der Waals surface area contributed by atoms with Gasteiger partial charge in [-0.25, -0.2) is 4.39 Å². The van der Waals surface area contributed by atoms with Gasteiger partial charge in [0.2, 0.25) is 17.7 Å². The molecule has 0 radical (unpaired) electrons. The monoisotopic (exact) mass is 457 g/mol. The summed E-state index contributed by atoms with van der Waals surface area (Å²) in [5, 5.41) is 2.56. The number of amides is 3. The lowest BCUT2D eigenvalue weighted by molar-refractivity contribution is -0.137. The van der Waals surface area contributed by atoms with Crippen LogP contribution in [0.15, 0.2) is 42.5 Å². The molecule has 0 spiro atoms. The molecule has 1 heterocycles. The summed E-state index contributed by atoms with van der Waals surface area (Å²) in [6, 6.07) is 11.1. The predicted octanol–water partition coefficient (Wildman–Crippen LogP) is 2.33. The van der Waals surface area contributed by atoms with E-state index in [2.05, 4.69) is 5.32 Å². The Kier molecular flexibility index (Phi) is 7.87. The van der Waals surface area contributed by atoms with Crippen LogP contribution < -0.4 is 14.8 Å². The summed E-state index contributed by atoms with van der Waals surface area (Å²) < 4.78 is 23.8. The summed E-state index contributed by atoms with van der Waals surface area (Å²) in [6.07, 6.45) is 0.722. The molecule has 176 valence electrons. The van der Waals surface area contributed by atoms with Crippen LogP contribution in [-0.4, -0.2) is 68.4 Å². The maximum Gasteiger partial charge on any atom is 0.243 e. The van der Waals surface area contributed by atoms with E-state index in [0.717, 1.165) is 5.56 Å². The molecule has 1 atom stereocenters. The number of carbonyl (C=O) groups is 3. The molecule has 1 aliphatic rings. The van der Waals surface area contributed by atoms with Crippen molar-refractivity contribution in [2.45, 2.75) is 12.8 Å². The number of nitrogens with zero attached hydrogens (tertiary/aromatic N) is 2. The first-order valence-corrected chi connectivity index (χ1v) is 10.6. The largest absolute Gasteiger partial charge is 0.493 e. The van der Waals surface area contributed by atoms with Gasteiger partial charge in [-0.3, -0.25) is 14.4 Å². The maximum absolute atomic E-state index is 13.3. The molecule has 2 aromatic carbocycles. The standard InChI is InChI=1S/C24H28FN3O5/c1-27(15-22(29)26-19-6-4-5-18(25)13-19)24(31)17-12-23(30)28(14-17)10-9-16-7-8-20(32-2)21(11-16)33-3/h4-8,11,13,17H,9-10,12,14-15H2,1-3H3,(H,26,29)/t17-/m1/s1. The lowest BCUT2D eigenvalue weighted by Gasteiger charge is -2.21. The highest BCUT2D eigenvalue weighted by Gasteiger charge is 2.35. The van der Waals surface area contributed by atoms with Crippen molar-refractivity contribution < 1.29 is 28.2 Å². The second-order valence-electron chi connectivity index (χ2n) is 7.93. The van der Waals surface area contributed by atoms with Gasteiger partial charge in [-0.2, -0.15) is 0 Å². The number of benzene rings is 2. The number of halogens is 1. The molecule has 0 aliphatic carbocycles. The van der Waals surface area contributed by atoms with Crippen LogP contribution in [-0.2, 0) is 20.8 Å². The van der Waals surface area contributed by atoms with Crippen molar-refractivity contribution in [1.82, 2.24) is 9.80 Å². The topological polar surface area (TPSA) is 88.2 Å². The van der Waals surface area contributed by atoms with Crippen molar-refractivity contribution >= 4 is 23.4 Å². The van der Waals surface area contributed by atoms with Crippen LogP contribution in [0.4, 0.5) is 10.1 Å². The third kappa shape index (κ3) is 6.21. The van der Waals surface area contributed by atoms with Gasteiger partial charge in [0.05, 0.1) is 26.7 Å². The minimum absolute atomic E-state index is 0.0913. The number of hydrogen-bond donors (Lipinski definition) is 1. The molecule has 1 fully saturated rings. The Balaban J connectivity index is 1.51. The molecule has 33 heavy (non-hydrogen) atoms. The van der Waals surface area contributed by atoms with Crippen molar-refractivity contribution in [1.29, 1.82) is 0 Å². The molecule has 0 unspecified atom stereocenters. The predicted molar refractivity (Wildman–Crippen MR) is 121 cm³/mol. The highest BCUT2D eigenvalue weighted by Crippen LogP contribution is 2.28. The summed E-state index contributed by atoms with van der Waals surface area (Å²) in [6.45, 7) is 0.592. The first kappa shape index (κ1) is 24.0. The Bertz CT molecular complexity index is 1030. The minimum Gasteiger partial charge on any atom is -0.493 e. The summed E-state index contributed by atoms with van der Waals surface area (Å²) in [5.41, 5.74) is 1.31. The Morgan fingerprint density at radius 3 is 2.61 bits per heavy atom. The van der Waals surface area contributed by atoms with Gasteiger partial charge in [0.15, 0.2) is 11.5 Å². The summed E-state index contributed by atoms with van der Waals surface area (Å²) in [4.78, 5) is 40.4. The van der Waals surface area contributed by atoms with E-state index in [1.165, 1.54) is 30.1 Å². The van der Waals surface area contributed by atoms with Crippen LogP contribution in [0.5, 0.6) is 11.5 Å². The van der Waals surface area contributed by atoms with Gasteiger partial charge in [0, 0.05) is 32.2 Å². The average molecular weight is 458 g/mol. The molecule has 0 aromatic heterocycles. The fraction of sp³-hybridized carbons (Fsp3) is 0.375. The van der Waals surface area contributed by atoms with E-state index in [4.69, 9.17) is 9.47 Å². The van der Waals surface area contributed by atoms with Crippen LogP contribution in [0.2, 0.25) is 0 Å². The van der Waals surface area contributed by atoms with E-state index < -0.39 is 17.6 Å². The Hall–Kier alpha value is -3.62. The second kappa shape index (κ2) is 10.8. The molecule has 2 aromatic rings. The number of hydrogen-bond acceptors (Lipinski definition) is 5. The first-order valence-electron chi connectivity index (χ1n) is 10.6. The molecule has 9 heteroatoms. The third-order valence-electron chi connectivity index (χ3n) is 5.55. The summed E-state index contributed by atoms with van der Waals surface area (Å²) in [5.74, 6) is -0.517. The molecule has 8 nitrogen and oxygen atoms in total. The highest BCUT2D eigenvalue weighted by molar-refractivity contribution is 5.96. The lowest BCUT2D eigenvalue weighted by atomic mass is 10.1. The highest BCUT2D eigenvalue weighted by atomic mass is 19.1. The van der Waals surface area contributed by atoms with Gasteiger partial charge in [0.25, 0.3) is 0 Å². The SMILES string of the molecule is COc1ccc(CCN2C[C@H](C(=O)N(C)CC(=O)Nc3cccc(F)c3)CC2=O)cc1OC.